The summed E-state index contributed by atoms with van der Waals surface area (Å²) in [6, 6.07) is 10.0. The molecule has 3 amide bonds. The van der Waals surface area contributed by atoms with Crippen molar-refractivity contribution >= 4 is 52.2 Å². The van der Waals surface area contributed by atoms with Crippen LogP contribution in [0.15, 0.2) is 41.3 Å². The largest absolute Gasteiger partial charge is 0.494 e. The number of carbonyl (C=O) groups is 3. The van der Waals surface area contributed by atoms with E-state index in [-0.39, 0.29) is 4.91 Å². The van der Waals surface area contributed by atoms with Crippen molar-refractivity contribution < 1.29 is 28.6 Å². The lowest BCUT2D eigenvalue weighted by atomic mass is 10.1. The topological polar surface area (TPSA) is 94.2 Å². The second kappa shape index (κ2) is 11.1. The average Bonchev–Trinajstić information content (AvgIpc) is 3.04. The highest BCUT2D eigenvalue weighted by atomic mass is 35.5. The third-order valence-corrected chi connectivity index (χ3v) is 5.73. The minimum Gasteiger partial charge on any atom is -0.494 e. The van der Waals surface area contributed by atoms with Crippen LogP contribution in [0.5, 0.6) is 17.2 Å². The van der Waals surface area contributed by atoms with Crippen LogP contribution in [-0.4, -0.2) is 48.8 Å². The standard InChI is InChI=1S/C23H23ClN2O6S/c1-4-31-16-8-6-15(7-9-16)25-21(27)13-26-22(28)20(33-23(26)29)11-14-10-18(30-3)19(32-5-2)12-17(14)24/h6-12H,4-5,13H2,1-3H3,(H,25,27)/b20-11+. The fourth-order valence-corrected chi connectivity index (χ4v) is 4.05. The second-order valence-corrected chi connectivity index (χ2v) is 8.13. The Morgan fingerprint density at radius 1 is 1.09 bits per heavy atom. The van der Waals surface area contributed by atoms with Crippen LogP contribution >= 0.6 is 23.4 Å². The van der Waals surface area contributed by atoms with E-state index in [4.69, 9.17) is 25.8 Å². The SMILES string of the molecule is CCOc1ccc(NC(=O)CN2C(=O)S/C(=C/c3cc(OC)c(OCC)cc3Cl)C2=O)cc1. The van der Waals surface area contributed by atoms with Crippen LogP contribution < -0.4 is 19.5 Å². The summed E-state index contributed by atoms with van der Waals surface area (Å²) in [5, 5.41) is 2.46. The van der Waals surface area contributed by atoms with Crippen LogP contribution in [0.3, 0.4) is 0 Å². The Bertz CT molecular complexity index is 1090. The van der Waals surface area contributed by atoms with E-state index in [1.54, 1.807) is 36.4 Å². The van der Waals surface area contributed by atoms with Crippen molar-refractivity contribution in [3.63, 3.8) is 0 Å². The molecular formula is C23H23ClN2O6S. The molecule has 0 aromatic heterocycles. The Morgan fingerprint density at radius 3 is 2.42 bits per heavy atom. The fraction of sp³-hybridized carbons (Fsp3) is 0.261. The average molecular weight is 491 g/mol. The normalized spacial score (nSPS) is 14.5. The van der Waals surface area contributed by atoms with Crippen molar-refractivity contribution in [2.75, 3.05) is 32.2 Å². The van der Waals surface area contributed by atoms with E-state index in [9.17, 15) is 14.4 Å². The van der Waals surface area contributed by atoms with Gasteiger partial charge in [0.2, 0.25) is 5.91 Å². The molecule has 2 aromatic rings. The molecule has 1 heterocycles. The molecule has 0 unspecified atom stereocenters. The van der Waals surface area contributed by atoms with Crippen LogP contribution in [0.4, 0.5) is 10.5 Å². The van der Waals surface area contributed by atoms with Gasteiger partial charge in [0.1, 0.15) is 12.3 Å². The van der Waals surface area contributed by atoms with E-state index in [2.05, 4.69) is 5.32 Å². The first-order valence-corrected chi connectivity index (χ1v) is 11.3. The zero-order valence-electron chi connectivity index (χ0n) is 18.3. The third kappa shape index (κ3) is 6.00. The number of rotatable bonds is 9. The van der Waals surface area contributed by atoms with Crippen LogP contribution in [0.25, 0.3) is 6.08 Å². The van der Waals surface area contributed by atoms with Crippen LogP contribution in [0.2, 0.25) is 5.02 Å². The van der Waals surface area contributed by atoms with Gasteiger partial charge >= 0.3 is 0 Å². The van der Waals surface area contributed by atoms with Crippen molar-refractivity contribution in [2.45, 2.75) is 13.8 Å². The molecule has 2 aromatic carbocycles. The van der Waals surface area contributed by atoms with Gasteiger partial charge in [0.25, 0.3) is 11.1 Å². The highest BCUT2D eigenvalue weighted by Crippen LogP contribution is 2.37. The molecule has 1 N–H and O–H groups in total. The number of imide groups is 1. The van der Waals surface area contributed by atoms with Crippen molar-refractivity contribution in [1.82, 2.24) is 4.90 Å². The summed E-state index contributed by atoms with van der Waals surface area (Å²) in [6.07, 6.45) is 1.50. The number of amides is 3. The molecular weight excluding hydrogens is 468 g/mol. The van der Waals surface area contributed by atoms with Gasteiger partial charge in [-0.05, 0) is 67.6 Å². The highest BCUT2D eigenvalue weighted by Gasteiger charge is 2.36. The maximum absolute atomic E-state index is 12.8. The molecule has 0 radical (unpaired) electrons. The summed E-state index contributed by atoms with van der Waals surface area (Å²) in [5.74, 6) is 0.526. The highest BCUT2D eigenvalue weighted by molar-refractivity contribution is 8.18. The Kier molecular flexibility index (Phi) is 8.24. The molecule has 10 heteroatoms. The van der Waals surface area contributed by atoms with Crippen molar-refractivity contribution in [1.29, 1.82) is 0 Å². The quantitative estimate of drug-likeness (QED) is 0.503. The fourth-order valence-electron chi connectivity index (χ4n) is 3.01. The Hall–Kier alpha value is -3.17. The number of hydrogen-bond donors (Lipinski definition) is 1. The number of methoxy groups -OCH3 is 1. The summed E-state index contributed by atoms with van der Waals surface area (Å²) < 4.78 is 16.2. The smallest absolute Gasteiger partial charge is 0.294 e. The van der Waals surface area contributed by atoms with Gasteiger partial charge in [0, 0.05) is 11.8 Å². The summed E-state index contributed by atoms with van der Waals surface area (Å²) in [6.45, 7) is 4.27. The van der Waals surface area contributed by atoms with Gasteiger partial charge in [-0.15, -0.1) is 0 Å². The number of halogens is 1. The van der Waals surface area contributed by atoms with E-state index in [0.29, 0.717) is 46.7 Å². The molecule has 174 valence electrons. The maximum Gasteiger partial charge on any atom is 0.294 e. The number of hydrogen-bond acceptors (Lipinski definition) is 7. The van der Waals surface area contributed by atoms with E-state index >= 15 is 0 Å². The maximum atomic E-state index is 12.8. The predicted octanol–water partition coefficient (Wildman–Crippen LogP) is 4.82. The van der Waals surface area contributed by atoms with Gasteiger partial charge in [0.05, 0.1) is 30.3 Å². The first-order chi connectivity index (χ1) is 15.9. The summed E-state index contributed by atoms with van der Waals surface area (Å²) in [5.41, 5.74) is 1.01. The Morgan fingerprint density at radius 2 is 1.79 bits per heavy atom. The molecule has 3 rings (SSSR count). The van der Waals surface area contributed by atoms with Gasteiger partial charge in [-0.3, -0.25) is 19.3 Å². The second-order valence-electron chi connectivity index (χ2n) is 6.73. The summed E-state index contributed by atoms with van der Waals surface area (Å²) >= 11 is 7.07. The lowest BCUT2D eigenvalue weighted by Gasteiger charge is -2.13. The van der Waals surface area contributed by atoms with Gasteiger partial charge in [-0.1, -0.05) is 11.6 Å². The third-order valence-electron chi connectivity index (χ3n) is 4.49. The summed E-state index contributed by atoms with van der Waals surface area (Å²) in [7, 11) is 1.49. The monoisotopic (exact) mass is 490 g/mol. The van der Waals surface area contributed by atoms with Gasteiger partial charge in [-0.25, -0.2) is 0 Å². The zero-order chi connectivity index (χ0) is 24.0. The van der Waals surface area contributed by atoms with Crippen LogP contribution in [0.1, 0.15) is 19.4 Å². The van der Waals surface area contributed by atoms with Crippen molar-refractivity contribution in [2.24, 2.45) is 0 Å². The Balaban J connectivity index is 1.71. The van der Waals surface area contributed by atoms with E-state index in [1.165, 1.54) is 13.2 Å². The molecule has 1 fully saturated rings. The molecule has 1 aliphatic heterocycles. The molecule has 8 nitrogen and oxygen atoms in total. The molecule has 0 saturated carbocycles. The minimum atomic E-state index is -0.573. The molecule has 0 aliphatic carbocycles. The van der Waals surface area contributed by atoms with Gasteiger partial charge < -0.3 is 19.5 Å². The van der Waals surface area contributed by atoms with E-state index in [1.807, 2.05) is 13.8 Å². The number of ether oxygens (including phenoxy) is 3. The number of thioether (sulfide) groups is 1. The molecule has 1 aliphatic rings. The molecule has 33 heavy (non-hydrogen) atoms. The van der Waals surface area contributed by atoms with Crippen LogP contribution in [-0.2, 0) is 9.59 Å². The zero-order valence-corrected chi connectivity index (χ0v) is 19.9. The van der Waals surface area contributed by atoms with E-state index in [0.717, 1.165) is 16.7 Å². The molecule has 0 spiro atoms. The van der Waals surface area contributed by atoms with E-state index < -0.39 is 23.6 Å². The molecule has 0 bridgehead atoms. The van der Waals surface area contributed by atoms with Crippen molar-refractivity contribution in [3.05, 3.63) is 51.9 Å². The van der Waals surface area contributed by atoms with Crippen molar-refractivity contribution in [3.8, 4) is 17.2 Å². The number of nitrogens with zero attached hydrogens (tertiary/aromatic N) is 1. The van der Waals surface area contributed by atoms with Gasteiger partial charge in [-0.2, -0.15) is 0 Å². The number of nitrogens with one attached hydrogen (secondary N) is 1. The summed E-state index contributed by atoms with van der Waals surface area (Å²) in [4.78, 5) is 38.6. The minimum absolute atomic E-state index is 0.155. The molecule has 1 saturated heterocycles. The molecule has 0 atom stereocenters. The van der Waals surface area contributed by atoms with Crippen LogP contribution in [0, 0.1) is 0 Å². The van der Waals surface area contributed by atoms with Gasteiger partial charge in [0.15, 0.2) is 11.5 Å². The number of anilines is 1. The lowest BCUT2D eigenvalue weighted by molar-refractivity contribution is -0.127. The predicted molar refractivity (Wildman–Crippen MR) is 128 cm³/mol. The lowest BCUT2D eigenvalue weighted by Crippen LogP contribution is -2.36. The first kappa shape index (κ1) is 24.5. The first-order valence-electron chi connectivity index (χ1n) is 10.1. The number of benzene rings is 2. The number of carbonyl (C=O) groups excluding carboxylic acids is 3. The Labute approximate surface area is 200 Å².